The Labute approximate surface area is 101 Å². The van der Waals surface area contributed by atoms with Gasteiger partial charge in [0.25, 0.3) is 0 Å². The second kappa shape index (κ2) is 5.77. The lowest BCUT2D eigenvalue weighted by Gasteiger charge is -2.10. The Morgan fingerprint density at radius 3 is 2.94 bits per heavy atom. The van der Waals surface area contributed by atoms with Gasteiger partial charge in [-0.2, -0.15) is 5.10 Å². The summed E-state index contributed by atoms with van der Waals surface area (Å²) in [4.78, 5) is 15.6. The Kier molecular flexibility index (Phi) is 4.08. The van der Waals surface area contributed by atoms with Crippen molar-refractivity contribution in [1.82, 2.24) is 25.4 Å². The first-order chi connectivity index (χ1) is 8.24. The first-order valence-corrected chi connectivity index (χ1v) is 6.08. The highest BCUT2D eigenvalue weighted by Crippen LogP contribution is 2.17. The van der Waals surface area contributed by atoms with Gasteiger partial charge in [-0.15, -0.1) is 0 Å². The largest absolute Gasteiger partial charge is 0.348 e. The van der Waals surface area contributed by atoms with Crippen LogP contribution in [-0.2, 0) is 18.4 Å². The smallest absolute Gasteiger partial charge is 0.234 e. The fourth-order valence-electron chi connectivity index (χ4n) is 2.07. The van der Waals surface area contributed by atoms with Crippen molar-refractivity contribution in [1.29, 1.82) is 0 Å². The second-order valence-corrected chi connectivity index (χ2v) is 4.47. The van der Waals surface area contributed by atoms with Crippen LogP contribution in [0.3, 0.4) is 0 Å². The monoisotopic (exact) mass is 237 g/mol. The quantitative estimate of drug-likeness (QED) is 0.754. The van der Waals surface area contributed by atoms with E-state index >= 15 is 0 Å². The van der Waals surface area contributed by atoms with E-state index in [0.717, 1.165) is 0 Å². The molecule has 1 aromatic heterocycles. The molecule has 1 amide bonds. The molecule has 0 bridgehead atoms. The molecule has 1 aliphatic carbocycles. The van der Waals surface area contributed by atoms with E-state index < -0.39 is 0 Å². The number of aryl methyl sites for hydroxylation is 1. The molecule has 1 heterocycles. The Hall–Kier alpha value is -1.43. The summed E-state index contributed by atoms with van der Waals surface area (Å²) < 4.78 is 1.62. The maximum absolute atomic E-state index is 11.5. The Balaban J connectivity index is 1.63. The number of nitrogens with one attached hydrogen (secondary N) is 2. The molecule has 6 heteroatoms. The van der Waals surface area contributed by atoms with Crippen molar-refractivity contribution in [3.8, 4) is 0 Å². The standard InChI is InChI=1S/C11H19N5O/c1-16-8-14-10(15-16)6-13-11(17)7-12-9-4-2-3-5-9/h8-9,12H,2-7H2,1H3,(H,13,17). The Morgan fingerprint density at radius 2 is 2.29 bits per heavy atom. The first kappa shape index (κ1) is 12.0. The predicted molar refractivity (Wildman–Crippen MR) is 63.1 cm³/mol. The fourth-order valence-corrected chi connectivity index (χ4v) is 2.07. The number of carbonyl (C=O) groups excluding carboxylic acids is 1. The number of rotatable bonds is 5. The molecule has 1 aromatic rings. The van der Waals surface area contributed by atoms with Crippen LogP contribution in [0.5, 0.6) is 0 Å². The van der Waals surface area contributed by atoms with Crippen molar-refractivity contribution >= 4 is 5.91 Å². The van der Waals surface area contributed by atoms with Crippen LogP contribution in [0.25, 0.3) is 0 Å². The van der Waals surface area contributed by atoms with Gasteiger partial charge in [-0.3, -0.25) is 9.48 Å². The van der Waals surface area contributed by atoms with Crippen LogP contribution in [0.2, 0.25) is 0 Å². The summed E-state index contributed by atoms with van der Waals surface area (Å²) in [5.74, 6) is 0.645. The zero-order valence-corrected chi connectivity index (χ0v) is 10.1. The predicted octanol–water partition coefficient (Wildman–Crippen LogP) is -0.0365. The van der Waals surface area contributed by atoms with Crippen molar-refractivity contribution in [2.24, 2.45) is 7.05 Å². The lowest BCUT2D eigenvalue weighted by atomic mass is 10.2. The maximum atomic E-state index is 11.5. The van der Waals surface area contributed by atoms with Crippen molar-refractivity contribution < 1.29 is 4.79 Å². The van der Waals surface area contributed by atoms with Gasteiger partial charge in [0.05, 0.1) is 13.1 Å². The topological polar surface area (TPSA) is 71.8 Å². The van der Waals surface area contributed by atoms with Crippen LogP contribution in [0.15, 0.2) is 6.33 Å². The Morgan fingerprint density at radius 1 is 1.53 bits per heavy atom. The molecule has 0 aromatic carbocycles. The lowest BCUT2D eigenvalue weighted by molar-refractivity contribution is -0.120. The van der Waals surface area contributed by atoms with Crippen molar-refractivity contribution in [2.45, 2.75) is 38.3 Å². The van der Waals surface area contributed by atoms with Crippen LogP contribution < -0.4 is 10.6 Å². The van der Waals surface area contributed by atoms with Crippen LogP contribution in [0.4, 0.5) is 0 Å². The first-order valence-electron chi connectivity index (χ1n) is 6.08. The lowest BCUT2D eigenvalue weighted by Crippen LogP contribution is -2.37. The molecule has 2 rings (SSSR count). The number of hydrogen-bond donors (Lipinski definition) is 2. The van der Waals surface area contributed by atoms with Gasteiger partial charge in [-0.1, -0.05) is 12.8 Å². The molecule has 0 radical (unpaired) electrons. The number of nitrogens with zero attached hydrogens (tertiary/aromatic N) is 3. The molecule has 0 unspecified atom stereocenters. The SMILES string of the molecule is Cn1cnc(CNC(=O)CNC2CCCC2)n1. The van der Waals surface area contributed by atoms with Crippen LogP contribution in [0, 0.1) is 0 Å². The average Bonchev–Trinajstić information content (AvgIpc) is 2.95. The highest BCUT2D eigenvalue weighted by Gasteiger charge is 2.15. The van der Waals surface area contributed by atoms with Gasteiger partial charge in [0.15, 0.2) is 5.82 Å². The van der Waals surface area contributed by atoms with E-state index in [2.05, 4.69) is 20.7 Å². The molecule has 1 fully saturated rings. The van der Waals surface area contributed by atoms with Gasteiger partial charge in [0, 0.05) is 13.1 Å². The molecule has 1 aliphatic rings. The zero-order valence-electron chi connectivity index (χ0n) is 10.1. The third-order valence-corrected chi connectivity index (χ3v) is 3.00. The van der Waals surface area contributed by atoms with Crippen molar-refractivity contribution in [2.75, 3.05) is 6.54 Å². The summed E-state index contributed by atoms with van der Waals surface area (Å²) in [6, 6.07) is 0.522. The van der Waals surface area contributed by atoms with E-state index in [-0.39, 0.29) is 5.91 Å². The van der Waals surface area contributed by atoms with E-state index in [9.17, 15) is 4.79 Å². The minimum atomic E-state index is 0.00403. The highest BCUT2D eigenvalue weighted by molar-refractivity contribution is 5.77. The van der Waals surface area contributed by atoms with E-state index in [4.69, 9.17) is 0 Å². The molecular formula is C11H19N5O. The third kappa shape index (κ3) is 3.81. The van der Waals surface area contributed by atoms with E-state index in [1.165, 1.54) is 25.7 Å². The molecule has 17 heavy (non-hydrogen) atoms. The van der Waals surface area contributed by atoms with Gasteiger partial charge in [-0.25, -0.2) is 4.98 Å². The minimum absolute atomic E-state index is 0.00403. The average molecular weight is 237 g/mol. The number of carbonyl (C=O) groups is 1. The summed E-state index contributed by atoms with van der Waals surface area (Å²) in [6.07, 6.45) is 6.55. The highest BCUT2D eigenvalue weighted by atomic mass is 16.1. The summed E-state index contributed by atoms with van der Waals surface area (Å²) >= 11 is 0. The number of amides is 1. The van der Waals surface area contributed by atoms with Gasteiger partial charge in [0.1, 0.15) is 6.33 Å². The van der Waals surface area contributed by atoms with E-state index in [1.807, 2.05) is 0 Å². The molecular weight excluding hydrogens is 218 g/mol. The molecule has 1 saturated carbocycles. The van der Waals surface area contributed by atoms with Crippen molar-refractivity contribution in [3.63, 3.8) is 0 Å². The maximum Gasteiger partial charge on any atom is 0.234 e. The number of hydrogen-bond acceptors (Lipinski definition) is 4. The molecule has 94 valence electrons. The molecule has 0 saturated heterocycles. The van der Waals surface area contributed by atoms with Gasteiger partial charge >= 0.3 is 0 Å². The summed E-state index contributed by atoms with van der Waals surface area (Å²) in [6.45, 7) is 0.781. The Bertz CT molecular complexity index is 370. The molecule has 0 spiro atoms. The van der Waals surface area contributed by atoms with Gasteiger partial charge < -0.3 is 10.6 Å². The fraction of sp³-hybridized carbons (Fsp3) is 0.727. The molecule has 2 N–H and O–H groups in total. The molecule has 0 aliphatic heterocycles. The van der Waals surface area contributed by atoms with Crippen LogP contribution in [-0.4, -0.2) is 33.3 Å². The summed E-state index contributed by atoms with van der Waals surface area (Å²) in [7, 11) is 1.81. The third-order valence-electron chi connectivity index (χ3n) is 3.00. The second-order valence-electron chi connectivity index (χ2n) is 4.47. The number of aromatic nitrogens is 3. The van der Waals surface area contributed by atoms with Crippen LogP contribution in [0.1, 0.15) is 31.5 Å². The van der Waals surface area contributed by atoms with E-state index in [1.54, 1.807) is 18.1 Å². The zero-order chi connectivity index (χ0) is 12.1. The molecule has 6 nitrogen and oxygen atoms in total. The minimum Gasteiger partial charge on any atom is -0.348 e. The summed E-state index contributed by atoms with van der Waals surface area (Å²) in [5.41, 5.74) is 0. The van der Waals surface area contributed by atoms with Gasteiger partial charge in [0.2, 0.25) is 5.91 Å². The normalized spacial score (nSPS) is 16.3. The molecule has 0 atom stereocenters. The summed E-state index contributed by atoms with van der Waals surface area (Å²) in [5, 5.41) is 10.2. The van der Waals surface area contributed by atoms with Crippen molar-refractivity contribution in [3.05, 3.63) is 12.2 Å². The van der Waals surface area contributed by atoms with E-state index in [0.29, 0.717) is 25.0 Å². The van der Waals surface area contributed by atoms with Crippen LogP contribution >= 0.6 is 0 Å². The van der Waals surface area contributed by atoms with Gasteiger partial charge in [-0.05, 0) is 12.8 Å².